The van der Waals surface area contributed by atoms with Gasteiger partial charge in [-0.25, -0.2) is 0 Å². The molecular weight excluding hydrogens is 555 g/mol. The second-order valence-electron chi connectivity index (χ2n) is 6.81. The number of imide groups is 1. The molecule has 2 fully saturated rings. The van der Waals surface area contributed by atoms with E-state index in [1.807, 2.05) is 0 Å². The molecule has 1 saturated carbocycles. The van der Waals surface area contributed by atoms with Crippen LogP contribution in [-0.4, -0.2) is 51.4 Å². The zero-order valence-corrected chi connectivity index (χ0v) is 19.6. The molecule has 0 aromatic heterocycles. The fourth-order valence-corrected chi connectivity index (χ4v) is 4.99. The van der Waals surface area contributed by atoms with Crippen molar-refractivity contribution in [3.63, 3.8) is 0 Å². The highest BCUT2D eigenvalue weighted by molar-refractivity contribution is 9.12. The highest BCUT2D eigenvalue weighted by Gasteiger charge is 2.52. The minimum Gasteiger partial charge on any atom is -0.454 e. The Morgan fingerprint density at radius 2 is 1.69 bits per heavy atom. The SMILES string of the molecule is O=C(COC(=O)CN1C(=O)[C@H]2C[C@@H](Br)[C@@H](Br)C[C@H]2C1=O)Nc1cc(Cl)ccc1Cl. The van der Waals surface area contributed by atoms with Crippen molar-refractivity contribution in [2.75, 3.05) is 18.5 Å². The Bertz CT molecular complexity index is 841. The van der Waals surface area contributed by atoms with E-state index in [1.165, 1.54) is 12.1 Å². The van der Waals surface area contributed by atoms with Gasteiger partial charge in [0.2, 0.25) is 11.8 Å². The van der Waals surface area contributed by atoms with E-state index in [4.69, 9.17) is 27.9 Å². The Hall–Kier alpha value is -1.16. The molecule has 0 spiro atoms. The second-order valence-corrected chi connectivity index (χ2v) is 10.0. The number of amides is 3. The number of benzene rings is 1. The second kappa shape index (κ2) is 9.32. The molecule has 3 amide bonds. The van der Waals surface area contributed by atoms with E-state index in [2.05, 4.69) is 37.2 Å². The molecule has 1 heterocycles. The molecule has 0 unspecified atom stereocenters. The molecule has 1 aliphatic heterocycles. The van der Waals surface area contributed by atoms with Crippen molar-refractivity contribution in [3.8, 4) is 0 Å². The first-order valence-electron chi connectivity index (χ1n) is 8.71. The van der Waals surface area contributed by atoms with Gasteiger partial charge in [-0.3, -0.25) is 24.1 Å². The smallest absolute Gasteiger partial charge is 0.326 e. The largest absolute Gasteiger partial charge is 0.454 e. The number of hydrogen-bond acceptors (Lipinski definition) is 5. The zero-order chi connectivity index (χ0) is 21.3. The number of alkyl halides is 2. The molecule has 1 N–H and O–H groups in total. The van der Waals surface area contributed by atoms with Gasteiger partial charge < -0.3 is 10.1 Å². The lowest BCUT2D eigenvalue weighted by Gasteiger charge is -2.29. The summed E-state index contributed by atoms with van der Waals surface area (Å²) in [6.45, 7) is -1.10. The molecule has 3 rings (SSSR count). The van der Waals surface area contributed by atoms with E-state index in [9.17, 15) is 19.2 Å². The maximum Gasteiger partial charge on any atom is 0.326 e. The van der Waals surface area contributed by atoms with Crippen LogP contribution in [0.2, 0.25) is 10.0 Å². The lowest BCUT2D eigenvalue weighted by Crippen LogP contribution is -2.37. The number of hydrogen-bond donors (Lipinski definition) is 1. The van der Waals surface area contributed by atoms with Crippen LogP contribution in [0.1, 0.15) is 12.8 Å². The zero-order valence-electron chi connectivity index (χ0n) is 14.9. The molecule has 29 heavy (non-hydrogen) atoms. The molecule has 0 radical (unpaired) electrons. The third-order valence-corrected chi connectivity index (χ3v) is 8.15. The Kier molecular flexibility index (Phi) is 7.24. The summed E-state index contributed by atoms with van der Waals surface area (Å²) >= 11 is 18.8. The van der Waals surface area contributed by atoms with Crippen molar-refractivity contribution in [1.82, 2.24) is 4.90 Å². The average molecular weight is 571 g/mol. The molecule has 2 aliphatic rings. The number of fused-ring (bicyclic) bond motifs is 1. The lowest BCUT2D eigenvalue weighted by atomic mass is 9.81. The van der Waals surface area contributed by atoms with Crippen molar-refractivity contribution >= 4 is 84.4 Å². The number of nitrogens with one attached hydrogen (secondary N) is 1. The van der Waals surface area contributed by atoms with Gasteiger partial charge in [0, 0.05) is 14.7 Å². The van der Waals surface area contributed by atoms with Gasteiger partial charge in [-0.1, -0.05) is 55.1 Å². The Balaban J connectivity index is 1.53. The Morgan fingerprint density at radius 1 is 1.10 bits per heavy atom. The normalized spacial score (nSPS) is 26.3. The Labute approximate surface area is 193 Å². The number of carbonyl (C=O) groups is 4. The molecule has 11 heteroatoms. The number of nitrogens with zero attached hydrogens (tertiary/aromatic N) is 1. The number of esters is 1. The van der Waals surface area contributed by atoms with Crippen LogP contribution in [0.5, 0.6) is 0 Å². The standard InChI is InChI=1S/C18H16Br2Cl2N2O5/c19-11-4-9-10(5-12(11)20)18(28)24(17(9)27)6-16(26)29-7-15(25)23-14-3-8(21)1-2-13(14)22/h1-3,9-12H,4-7H2,(H,23,25)/t9-,10+,11+,12-. The fraction of sp³-hybridized carbons (Fsp3) is 0.444. The summed E-state index contributed by atoms with van der Waals surface area (Å²) in [5.41, 5.74) is 0.280. The fourth-order valence-electron chi connectivity index (χ4n) is 3.42. The summed E-state index contributed by atoms with van der Waals surface area (Å²) in [5, 5.41) is 3.14. The van der Waals surface area contributed by atoms with E-state index >= 15 is 0 Å². The molecule has 7 nitrogen and oxygen atoms in total. The van der Waals surface area contributed by atoms with E-state index in [0.717, 1.165) is 4.90 Å². The number of likely N-dealkylation sites (tertiary alicyclic amines) is 1. The summed E-state index contributed by atoms with van der Waals surface area (Å²) in [7, 11) is 0. The van der Waals surface area contributed by atoms with E-state index < -0.39 is 36.9 Å². The Morgan fingerprint density at radius 3 is 2.28 bits per heavy atom. The molecule has 0 bridgehead atoms. The molecular formula is C18H16Br2Cl2N2O5. The topological polar surface area (TPSA) is 92.8 Å². The number of carbonyl (C=O) groups excluding carboxylic acids is 4. The van der Waals surface area contributed by atoms with Gasteiger partial charge in [0.25, 0.3) is 5.91 Å². The quantitative estimate of drug-likeness (QED) is 0.333. The van der Waals surface area contributed by atoms with Crippen molar-refractivity contribution in [1.29, 1.82) is 0 Å². The predicted molar refractivity (Wildman–Crippen MR) is 114 cm³/mol. The van der Waals surface area contributed by atoms with Gasteiger partial charge in [0.15, 0.2) is 6.61 Å². The summed E-state index contributed by atoms with van der Waals surface area (Å²) in [4.78, 5) is 50.2. The van der Waals surface area contributed by atoms with Gasteiger partial charge in [0.05, 0.1) is 22.5 Å². The van der Waals surface area contributed by atoms with E-state index in [0.29, 0.717) is 17.9 Å². The van der Waals surface area contributed by atoms with E-state index in [1.54, 1.807) is 6.07 Å². The summed E-state index contributed by atoms with van der Waals surface area (Å²) in [5.74, 6) is -3.11. The van der Waals surface area contributed by atoms with Crippen LogP contribution in [0.25, 0.3) is 0 Å². The number of halogens is 4. The molecule has 4 atom stereocenters. The van der Waals surface area contributed by atoms with Crippen LogP contribution in [0, 0.1) is 11.8 Å². The van der Waals surface area contributed by atoms with Crippen LogP contribution in [0.3, 0.4) is 0 Å². The highest BCUT2D eigenvalue weighted by atomic mass is 79.9. The van der Waals surface area contributed by atoms with E-state index in [-0.39, 0.29) is 32.2 Å². The monoisotopic (exact) mass is 568 g/mol. The number of rotatable bonds is 5. The van der Waals surface area contributed by atoms with Crippen LogP contribution < -0.4 is 5.32 Å². The van der Waals surface area contributed by atoms with Crippen molar-refractivity contribution in [2.45, 2.75) is 22.5 Å². The number of ether oxygens (including phenoxy) is 1. The van der Waals surface area contributed by atoms with Crippen molar-refractivity contribution < 1.29 is 23.9 Å². The summed E-state index contributed by atoms with van der Waals surface area (Å²) in [6, 6.07) is 4.54. The van der Waals surface area contributed by atoms with Crippen molar-refractivity contribution in [2.24, 2.45) is 11.8 Å². The average Bonchev–Trinajstić information content (AvgIpc) is 2.88. The molecule has 156 valence electrons. The predicted octanol–water partition coefficient (Wildman–Crippen LogP) is 3.40. The number of anilines is 1. The van der Waals surface area contributed by atoms with Crippen LogP contribution in [0.4, 0.5) is 5.69 Å². The molecule has 1 saturated heterocycles. The van der Waals surface area contributed by atoms with Gasteiger partial charge in [0.1, 0.15) is 6.54 Å². The molecule has 1 aromatic rings. The van der Waals surface area contributed by atoms with Gasteiger partial charge >= 0.3 is 5.97 Å². The maximum atomic E-state index is 12.5. The molecule has 1 aromatic carbocycles. The maximum absolute atomic E-state index is 12.5. The van der Waals surface area contributed by atoms with Crippen LogP contribution >= 0.6 is 55.1 Å². The summed E-state index contributed by atoms with van der Waals surface area (Å²) in [6.07, 6.45) is 1.03. The molecule has 1 aliphatic carbocycles. The van der Waals surface area contributed by atoms with Gasteiger partial charge in [-0.15, -0.1) is 0 Å². The minimum absolute atomic E-state index is 0.0782. The van der Waals surface area contributed by atoms with Gasteiger partial charge in [-0.05, 0) is 31.0 Å². The van der Waals surface area contributed by atoms with Crippen LogP contribution in [0.15, 0.2) is 18.2 Å². The first-order valence-corrected chi connectivity index (χ1v) is 11.3. The third-order valence-electron chi connectivity index (χ3n) is 4.86. The first kappa shape index (κ1) is 22.5. The minimum atomic E-state index is -0.844. The van der Waals surface area contributed by atoms with Crippen LogP contribution in [-0.2, 0) is 23.9 Å². The highest BCUT2D eigenvalue weighted by Crippen LogP contribution is 2.43. The summed E-state index contributed by atoms with van der Waals surface area (Å²) < 4.78 is 4.91. The first-order chi connectivity index (χ1) is 13.7. The van der Waals surface area contributed by atoms with Gasteiger partial charge in [-0.2, -0.15) is 0 Å². The third kappa shape index (κ3) is 5.13. The van der Waals surface area contributed by atoms with Crippen molar-refractivity contribution in [3.05, 3.63) is 28.2 Å². The lowest BCUT2D eigenvalue weighted by molar-refractivity contribution is -0.154.